The lowest BCUT2D eigenvalue weighted by Crippen LogP contribution is -2.50. The zero-order valence-electron chi connectivity index (χ0n) is 84.3. The number of carbonyl (C=O) groups excluding carboxylic acids is 13. The molecule has 0 bridgehead atoms. The summed E-state index contributed by atoms with van der Waals surface area (Å²) in [4.78, 5) is 192. The molecule has 35 nitrogen and oxygen atoms in total. The number of nitrogens with zero attached hydrogens (tertiary/aromatic N) is 7. The summed E-state index contributed by atoms with van der Waals surface area (Å²) in [6.07, 6.45) is 12.8. The number of rotatable bonds is 27. The van der Waals surface area contributed by atoms with Crippen LogP contribution in [-0.2, 0) is 118 Å². The number of para-hydroxylation sites is 4. The van der Waals surface area contributed by atoms with Gasteiger partial charge in [0.2, 0.25) is 35.4 Å². The van der Waals surface area contributed by atoms with Crippen LogP contribution in [0.2, 0.25) is 0 Å². The van der Waals surface area contributed by atoms with Gasteiger partial charge in [-0.3, -0.25) is 82.1 Å². The first-order valence-corrected chi connectivity index (χ1v) is 49.8. The highest BCUT2D eigenvalue weighted by Gasteiger charge is 2.42. The van der Waals surface area contributed by atoms with Gasteiger partial charge >= 0.3 is 11.9 Å². The molecule has 9 aliphatic heterocycles. The first-order valence-electron chi connectivity index (χ1n) is 49.8. The zero-order valence-corrected chi connectivity index (χ0v) is 84.3. The van der Waals surface area contributed by atoms with Gasteiger partial charge in [-0.25, -0.2) is 4.79 Å². The molecular formula is C115H127N13O22. The summed E-state index contributed by atoms with van der Waals surface area (Å²) in [6.45, 7) is 8.93. The summed E-state index contributed by atoms with van der Waals surface area (Å²) in [7, 11) is 3.19. The maximum absolute atomic E-state index is 13.0. The molecule has 11 N–H and O–H groups in total. The first kappa shape index (κ1) is 111. The van der Waals surface area contributed by atoms with Crippen molar-refractivity contribution < 1.29 is 107 Å². The minimum Gasteiger partial charge on any atom is -0.497 e. The van der Waals surface area contributed by atoms with Crippen LogP contribution in [0.15, 0.2) is 216 Å². The predicted molar refractivity (Wildman–Crippen MR) is 567 cm³/mol. The van der Waals surface area contributed by atoms with Crippen LogP contribution >= 0.6 is 0 Å². The number of nitrogens with one attached hydrogen (secondary N) is 6. The number of ether oxygens (including phenoxy) is 2. The molecule has 0 unspecified atom stereocenters. The summed E-state index contributed by atoms with van der Waals surface area (Å²) >= 11 is 0. The number of imide groups is 1. The second kappa shape index (κ2) is 51.4. The van der Waals surface area contributed by atoms with Crippen LogP contribution in [0.1, 0.15) is 220 Å². The molecule has 0 aromatic heterocycles. The molecule has 10 aromatic rings. The van der Waals surface area contributed by atoms with Crippen molar-refractivity contribution in [1.82, 2.24) is 26.3 Å². The maximum atomic E-state index is 13.0. The standard InChI is InChI=1S/C24H32N4O9.C20H29N3O7.2C18H17NO.2C17H14N2O2.CH4/c1-14(25-19(31)5-3-4-6-22(34)37-28-20(32)7-8-21(28)33)23(35)26-15(2)24(36)27-18-10-16(12-29)9-17(11-18)13-30;1-12(21-17(26)5-3-4-6-18(27)28)19(29)22-13(2)20(30)23-16-8-14(10-24)7-15(9-16)11-25;2*1-12-6-7-13-8-9-15-11-14-4-2-3-5-17(14)19(15)18(20)16(13)10-12;2*1-21-13-6-7-15-14(9-13)17(20)19-12(10-18-15)8-11-4-2-3-5-16(11)19;/h9-11,14-15,29-30H,3-8,12-13H2,1-2H3,(H,25,31)(H,26,35)(H,27,36);7-9,12-13,24-25H,3-6,10-11H2,1-2H3,(H,21,26)(H,22,29)(H,23,30)(H,27,28);2*2-7,10,15H,8-9,11H2,1H3;2*2-7,9-10,12H,8H2,1H3;1H4/t14-,15-;12-,13-;2*15-;2*12-;/m001100./s1. The van der Waals surface area contributed by atoms with Crippen molar-refractivity contribution >= 4 is 141 Å². The number of aliphatic hydroxyl groups is 4. The normalized spacial score (nSPS) is 16.8. The Kier molecular flexibility index (Phi) is 38.0. The van der Waals surface area contributed by atoms with Crippen LogP contribution in [0.3, 0.4) is 0 Å². The number of amides is 12. The molecule has 12 amide bonds. The van der Waals surface area contributed by atoms with Crippen molar-refractivity contribution in [2.45, 2.75) is 239 Å². The van der Waals surface area contributed by atoms with E-state index in [0.717, 1.165) is 96.4 Å². The van der Waals surface area contributed by atoms with Gasteiger partial charge < -0.3 is 81.5 Å². The van der Waals surface area contributed by atoms with Crippen molar-refractivity contribution in [3.05, 3.63) is 295 Å². The lowest BCUT2D eigenvalue weighted by Gasteiger charge is -2.23. The summed E-state index contributed by atoms with van der Waals surface area (Å²) in [6, 6.07) is 62.4. The van der Waals surface area contributed by atoms with Gasteiger partial charge in [-0.15, -0.1) is 5.06 Å². The van der Waals surface area contributed by atoms with Crippen LogP contribution in [0.4, 0.5) is 45.5 Å². The van der Waals surface area contributed by atoms with Gasteiger partial charge in [-0.05, 0) is 258 Å². The highest BCUT2D eigenvalue weighted by atomic mass is 16.7. The van der Waals surface area contributed by atoms with Crippen LogP contribution in [-0.4, -0.2) is 188 Å². The molecule has 35 heteroatoms. The number of hydroxylamine groups is 2. The molecule has 9 heterocycles. The molecule has 9 aliphatic rings. The number of unbranched alkanes of at least 4 members (excludes halogenated alkanes) is 2. The Morgan fingerprint density at radius 3 is 1.08 bits per heavy atom. The van der Waals surface area contributed by atoms with Gasteiger partial charge in [0.05, 0.1) is 75.2 Å². The molecular weight excluding hydrogens is 1920 g/mol. The fourth-order valence-electron chi connectivity index (χ4n) is 19.1. The molecule has 8 atom stereocenters. The Morgan fingerprint density at radius 2 is 0.713 bits per heavy atom. The largest absolute Gasteiger partial charge is 0.497 e. The van der Waals surface area contributed by atoms with E-state index < -0.39 is 77.5 Å². The number of carboxylic acids is 1. The quantitative estimate of drug-likeness (QED) is 0.0168. The topological polar surface area (TPSA) is 481 Å². The number of anilines is 6. The van der Waals surface area contributed by atoms with E-state index in [9.17, 15) is 87.5 Å². The minimum atomic E-state index is -0.942. The highest BCUT2D eigenvalue weighted by molar-refractivity contribution is 6.17. The lowest BCUT2D eigenvalue weighted by atomic mass is 9.99. The van der Waals surface area contributed by atoms with Crippen molar-refractivity contribution in [3.8, 4) is 11.5 Å². The number of benzene rings is 10. The lowest BCUT2D eigenvalue weighted by molar-refractivity contribution is -0.197. The molecule has 1 fully saturated rings. The fourth-order valence-corrected chi connectivity index (χ4v) is 19.1. The van der Waals surface area contributed by atoms with E-state index in [4.69, 9.17) is 19.4 Å². The Hall–Kier alpha value is -16.2. The molecule has 0 spiro atoms. The zero-order chi connectivity index (χ0) is 106. The van der Waals surface area contributed by atoms with E-state index in [0.29, 0.717) is 104 Å². The fraction of sp³-hybridized carbons (Fsp3) is 0.339. The summed E-state index contributed by atoms with van der Waals surface area (Å²) < 4.78 is 10.5. The van der Waals surface area contributed by atoms with E-state index in [1.807, 2.05) is 131 Å². The molecule has 0 radical (unpaired) electrons. The second-order valence-electron chi connectivity index (χ2n) is 37.8. The van der Waals surface area contributed by atoms with E-state index in [1.54, 1.807) is 62.8 Å². The van der Waals surface area contributed by atoms with Gasteiger partial charge in [0.25, 0.3) is 35.4 Å². The number of aliphatic carboxylic acids is 1. The molecule has 19 rings (SSSR count). The van der Waals surface area contributed by atoms with E-state index in [1.165, 1.54) is 61.1 Å². The third-order valence-corrected chi connectivity index (χ3v) is 26.9. The van der Waals surface area contributed by atoms with Crippen LogP contribution in [0.5, 0.6) is 11.5 Å². The van der Waals surface area contributed by atoms with Crippen LogP contribution in [0.25, 0.3) is 0 Å². The van der Waals surface area contributed by atoms with Crippen molar-refractivity contribution in [2.24, 2.45) is 9.98 Å². The number of hydrogen-bond acceptors (Lipinski definition) is 23. The van der Waals surface area contributed by atoms with Crippen LogP contribution < -0.4 is 61.0 Å². The van der Waals surface area contributed by atoms with E-state index in [-0.39, 0.29) is 120 Å². The molecule has 0 saturated carbocycles. The summed E-state index contributed by atoms with van der Waals surface area (Å²) in [5.41, 5.74) is 21.0. The van der Waals surface area contributed by atoms with Crippen LogP contribution in [0, 0.1) is 13.8 Å². The second-order valence-corrected chi connectivity index (χ2v) is 37.8. The van der Waals surface area contributed by atoms with Gasteiger partial charge in [-0.1, -0.05) is 128 Å². The van der Waals surface area contributed by atoms with E-state index in [2.05, 4.69) is 115 Å². The van der Waals surface area contributed by atoms with Gasteiger partial charge in [0.1, 0.15) is 35.7 Å². The highest BCUT2D eigenvalue weighted by Crippen LogP contribution is 2.43. The number of aliphatic imine (C=N–C) groups is 2. The Balaban J connectivity index is 0.000000152. The SMILES string of the molecule is C.COc1ccc2c(c1)C(=O)N1c3ccccc3C[C@H]1C=N2.COc1ccc2c(c1)C(=O)N1c3ccccc3C[C@H]1C=N2.C[C@H](NC(=O)CCCCC(=O)O)C(=O)N[C@@H](C)C(=O)Nc1cc(CO)cc(CO)c1.C[C@H](NC(=O)CCCCC(=O)ON1C(=O)CCC1=O)C(=O)N[C@@H](C)C(=O)Nc1cc(CO)cc(CO)c1.Cc1ccc2c(c1)C(=O)N1c3ccccc3C[C@H]1CC2.Cc1ccc2c(c1)C(=O)N1c3ccccc3C[C@H]1CC2. The van der Waals surface area contributed by atoms with Gasteiger partial charge in [0, 0.05) is 121 Å². The third kappa shape index (κ3) is 27.4. The van der Waals surface area contributed by atoms with Gasteiger partial charge in [-0.2, -0.15) is 0 Å². The average Bonchev–Trinajstić information content (AvgIpc) is 1.63. The van der Waals surface area contributed by atoms with E-state index >= 15 is 0 Å². The Labute approximate surface area is 869 Å². The summed E-state index contributed by atoms with van der Waals surface area (Å²) in [5, 5.41) is 61.4. The molecule has 0 aliphatic carbocycles. The number of hydrogen-bond donors (Lipinski definition) is 11. The molecule has 1 saturated heterocycles. The van der Waals surface area contributed by atoms with Crippen molar-refractivity contribution in [1.29, 1.82) is 0 Å². The predicted octanol–water partition coefficient (Wildman–Crippen LogP) is 13.7. The van der Waals surface area contributed by atoms with Crippen molar-refractivity contribution in [2.75, 3.05) is 44.5 Å². The molecule has 784 valence electrons. The monoisotopic (exact) mass is 2040 g/mol. The number of carboxylic acid groups (broad SMARTS) is 1. The van der Waals surface area contributed by atoms with Gasteiger partial charge in [0.15, 0.2) is 0 Å². The average molecular weight is 2040 g/mol. The Bertz CT molecular complexity index is 6510. The summed E-state index contributed by atoms with van der Waals surface area (Å²) in [5.74, 6) is -4.13. The Morgan fingerprint density at radius 1 is 0.373 bits per heavy atom. The molecule has 150 heavy (non-hydrogen) atoms. The number of aryl methyl sites for hydroxylation is 4. The maximum Gasteiger partial charge on any atom is 0.333 e. The number of aliphatic hydroxyl groups excluding tert-OH is 4. The number of carbonyl (C=O) groups is 14. The minimum absolute atomic E-state index is 0. The number of fused-ring (bicyclic) bond motifs is 16. The first-order chi connectivity index (χ1) is 71.7. The number of methoxy groups -OCH3 is 2. The molecule has 10 aromatic carbocycles. The smallest absolute Gasteiger partial charge is 0.333 e. The van der Waals surface area contributed by atoms with Crippen molar-refractivity contribution in [3.63, 3.8) is 0 Å². The third-order valence-electron chi connectivity index (χ3n) is 26.9.